The van der Waals surface area contributed by atoms with E-state index >= 15 is 0 Å². The maximum absolute atomic E-state index is 11.5. The number of rotatable bonds is 4. The first-order valence-corrected chi connectivity index (χ1v) is 8.04. The first-order valence-electron chi connectivity index (χ1n) is 3.36. The fourth-order valence-electron chi connectivity index (χ4n) is 0.710. The monoisotopic (exact) mass is 395 g/mol. The standard InChI is InChI=1S/C6H7BrINO2S2/c7-5-1-4-12-6(5)13(10,11)9-3-2-8/h1,4,9H,2-3H2. The van der Waals surface area contributed by atoms with Crippen molar-refractivity contribution in [3.63, 3.8) is 0 Å². The lowest BCUT2D eigenvalue weighted by atomic mass is 10.7. The maximum atomic E-state index is 11.5. The van der Waals surface area contributed by atoms with E-state index in [0.29, 0.717) is 15.2 Å². The van der Waals surface area contributed by atoms with E-state index < -0.39 is 10.0 Å². The highest BCUT2D eigenvalue weighted by Gasteiger charge is 2.17. The summed E-state index contributed by atoms with van der Waals surface area (Å²) in [5.41, 5.74) is 0. The Labute approximate surface area is 103 Å². The number of thiophene rings is 1. The van der Waals surface area contributed by atoms with Crippen molar-refractivity contribution < 1.29 is 8.42 Å². The topological polar surface area (TPSA) is 46.2 Å². The van der Waals surface area contributed by atoms with Gasteiger partial charge < -0.3 is 0 Å². The Kier molecular flexibility index (Phi) is 4.63. The molecule has 1 N–H and O–H groups in total. The van der Waals surface area contributed by atoms with Gasteiger partial charge in [0.05, 0.1) is 0 Å². The molecule has 0 radical (unpaired) electrons. The Morgan fingerprint density at radius 1 is 1.62 bits per heavy atom. The molecule has 0 saturated heterocycles. The molecule has 0 atom stereocenters. The van der Waals surface area contributed by atoms with Gasteiger partial charge in [-0.3, -0.25) is 0 Å². The summed E-state index contributed by atoms with van der Waals surface area (Å²) in [6.07, 6.45) is 0. The molecule has 1 rings (SSSR count). The van der Waals surface area contributed by atoms with Crippen LogP contribution in [0, 0.1) is 0 Å². The molecule has 74 valence electrons. The quantitative estimate of drug-likeness (QED) is 0.627. The molecule has 0 aliphatic rings. The van der Waals surface area contributed by atoms with Crippen LogP contribution in [0.1, 0.15) is 0 Å². The van der Waals surface area contributed by atoms with Gasteiger partial charge in [0.15, 0.2) is 0 Å². The lowest BCUT2D eigenvalue weighted by molar-refractivity contribution is 0.586. The second-order valence-electron chi connectivity index (χ2n) is 2.14. The van der Waals surface area contributed by atoms with Gasteiger partial charge in [0.25, 0.3) is 10.0 Å². The van der Waals surface area contributed by atoms with Crippen LogP contribution in [-0.4, -0.2) is 19.4 Å². The molecule has 1 heterocycles. The maximum Gasteiger partial charge on any atom is 0.251 e. The fraction of sp³-hybridized carbons (Fsp3) is 0.333. The molecule has 0 spiro atoms. The highest BCUT2D eigenvalue weighted by molar-refractivity contribution is 14.1. The average Bonchev–Trinajstić information content (AvgIpc) is 2.48. The molecular weight excluding hydrogens is 389 g/mol. The third-order valence-electron chi connectivity index (χ3n) is 1.22. The van der Waals surface area contributed by atoms with Crippen molar-refractivity contribution in [2.24, 2.45) is 0 Å². The largest absolute Gasteiger partial charge is 0.251 e. The van der Waals surface area contributed by atoms with Crippen molar-refractivity contribution in [1.29, 1.82) is 0 Å². The first-order chi connectivity index (χ1) is 6.08. The molecule has 1 aromatic rings. The Hall–Kier alpha value is 0.820. The molecule has 13 heavy (non-hydrogen) atoms. The van der Waals surface area contributed by atoms with E-state index in [1.54, 1.807) is 11.4 Å². The lowest BCUT2D eigenvalue weighted by Crippen LogP contribution is -2.24. The SMILES string of the molecule is O=S(=O)(NCCI)c1sccc1Br. The van der Waals surface area contributed by atoms with Crippen LogP contribution in [0.5, 0.6) is 0 Å². The van der Waals surface area contributed by atoms with Gasteiger partial charge in [0.1, 0.15) is 4.21 Å². The van der Waals surface area contributed by atoms with Gasteiger partial charge in [-0.25, -0.2) is 13.1 Å². The smallest absolute Gasteiger partial charge is 0.210 e. The Morgan fingerprint density at radius 3 is 2.77 bits per heavy atom. The number of hydrogen-bond donors (Lipinski definition) is 1. The zero-order valence-electron chi connectivity index (χ0n) is 6.46. The molecule has 0 aliphatic heterocycles. The third kappa shape index (κ3) is 3.15. The molecule has 0 fully saturated rings. The summed E-state index contributed by atoms with van der Waals surface area (Å²) < 4.78 is 27.3. The van der Waals surface area contributed by atoms with E-state index in [0.717, 1.165) is 4.43 Å². The third-order valence-corrected chi connectivity index (χ3v) is 5.89. The molecular formula is C6H7BrINO2S2. The van der Waals surface area contributed by atoms with Crippen LogP contribution in [0.15, 0.2) is 20.1 Å². The number of nitrogens with one attached hydrogen (secondary N) is 1. The second-order valence-corrected chi connectivity index (χ2v) is 6.95. The number of hydrogen-bond acceptors (Lipinski definition) is 3. The summed E-state index contributed by atoms with van der Waals surface area (Å²) in [6, 6.07) is 1.73. The summed E-state index contributed by atoms with van der Waals surface area (Å²) in [5.74, 6) is 0. The predicted octanol–water partition coefficient (Wildman–Crippen LogP) is 2.22. The van der Waals surface area contributed by atoms with Gasteiger partial charge in [0.2, 0.25) is 0 Å². The summed E-state index contributed by atoms with van der Waals surface area (Å²) in [4.78, 5) is 0. The van der Waals surface area contributed by atoms with E-state index in [2.05, 4.69) is 43.2 Å². The van der Waals surface area contributed by atoms with Crippen LogP contribution in [0.3, 0.4) is 0 Å². The van der Waals surface area contributed by atoms with Crippen molar-refractivity contribution >= 4 is 59.9 Å². The van der Waals surface area contributed by atoms with Gasteiger partial charge in [-0.2, -0.15) is 0 Å². The average molecular weight is 396 g/mol. The van der Waals surface area contributed by atoms with E-state index in [9.17, 15) is 8.42 Å². The number of alkyl halides is 1. The minimum Gasteiger partial charge on any atom is -0.210 e. The summed E-state index contributed by atoms with van der Waals surface area (Å²) >= 11 is 6.51. The lowest BCUT2D eigenvalue weighted by Gasteiger charge is -2.02. The van der Waals surface area contributed by atoms with Crippen LogP contribution in [0.4, 0.5) is 0 Å². The number of halogens is 2. The molecule has 1 aromatic heterocycles. The molecule has 0 bridgehead atoms. The van der Waals surface area contributed by atoms with Crippen molar-refractivity contribution in [3.8, 4) is 0 Å². The van der Waals surface area contributed by atoms with E-state index in [1.807, 2.05) is 0 Å². The summed E-state index contributed by atoms with van der Waals surface area (Å²) in [6.45, 7) is 0.466. The van der Waals surface area contributed by atoms with Gasteiger partial charge >= 0.3 is 0 Å². The van der Waals surface area contributed by atoms with E-state index in [-0.39, 0.29) is 0 Å². The molecule has 0 aliphatic carbocycles. The Balaban J connectivity index is 2.88. The van der Waals surface area contributed by atoms with Crippen LogP contribution in [0.25, 0.3) is 0 Å². The zero-order valence-corrected chi connectivity index (χ0v) is 11.8. The normalized spacial score (nSPS) is 11.8. The Morgan fingerprint density at radius 2 is 2.31 bits per heavy atom. The van der Waals surface area contributed by atoms with E-state index in [1.165, 1.54) is 11.3 Å². The van der Waals surface area contributed by atoms with Crippen molar-refractivity contribution in [1.82, 2.24) is 4.72 Å². The highest BCUT2D eigenvalue weighted by Crippen LogP contribution is 2.27. The molecule has 7 heteroatoms. The predicted molar refractivity (Wildman–Crippen MR) is 66.1 cm³/mol. The van der Waals surface area contributed by atoms with Crippen LogP contribution >= 0.6 is 49.9 Å². The zero-order chi connectivity index (χ0) is 9.90. The number of sulfonamides is 1. The van der Waals surface area contributed by atoms with Crippen molar-refractivity contribution in [3.05, 3.63) is 15.9 Å². The summed E-state index contributed by atoms with van der Waals surface area (Å²) in [7, 11) is -3.29. The van der Waals surface area contributed by atoms with Gasteiger partial charge in [-0.05, 0) is 27.4 Å². The van der Waals surface area contributed by atoms with Crippen molar-refractivity contribution in [2.45, 2.75) is 4.21 Å². The fourth-order valence-corrected chi connectivity index (χ4v) is 4.76. The highest BCUT2D eigenvalue weighted by atomic mass is 127. The van der Waals surface area contributed by atoms with Crippen molar-refractivity contribution in [2.75, 3.05) is 11.0 Å². The summed E-state index contributed by atoms with van der Waals surface area (Å²) in [5, 5.41) is 1.74. The van der Waals surface area contributed by atoms with E-state index in [4.69, 9.17) is 0 Å². The van der Waals surface area contributed by atoms with Crippen LogP contribution < -0.4 is 4.72 Å². The second kappa shape index (κ2) is 5.06. The van der Waals surface area contributed by atoms with Gasteiger partial charge in [-0.1, -0.05) is 22.6 Å². The molecule has 0 amide bonds. The van der Waals surface area contributed by atoms with Crippen LogP contribution in [-0.2, 0) is 10.0 Å². The minimum atomic E-state index is -3.29. The molecule has 3 nitrogen and oxygen atoms in total. The minimum absolute atomic E-state index is 0.345. The first kappa shape index (κ1) is 11.9. The van der Waals surface area contributed by atoms with Crippen LogP contribution in [0.2, 0.25) is 0 Å². The molecule has 0 aromatic carbocycles. The van der Waals surface area contributed by atoms with Gasteiger partial charge in [0, 0.05) is 15.4 Å². The van der Waals surface area contributed by atoms with Gasteiger partial charge in [-0.15, -0.1) is 11.3 Å². The Bertz CT molecular complexity index is 376. The molecule has 0 saturated carbocycles. The molecule has 0 unspecified atom stereocenters.